The maximum Gasteiger partial charge on any atom is 0.259 e. The number of anilines is 1. The van der Waals surface area contributed by atoms with E-state index in [0.717, 1.165) is 32.3 Å². The van der Waals surface area contributed by atoms with E-state index in [1.54, 1.807) is 0 Å². The van der Waals surface area contributed by atoms with Crippen LogP contribution in [0.3, 0.4) is 0 Å². The molecule has 2 aromatic carbocycles. The molecule has 1 unspecified atom stereocenters. The maximum absolute atomic E-state index is 13.0. The minimum Gasteiger partial charge on any atom is -0.308 e. The lowest BCUT2D eigenvalue weighted by Gasteiger charge is -2.33. The first-order chi connectivity index (χ1) is 10.1. The number of hydrogen-bond acceptors (Lipinski definition) is 1. The Balaban J connectivity index is 2.04. The van der Waals surface area contributed by atoms with Crippen LogP contribution in [0.5, 0.6) is 0 Å². The average Bonchev–Trinajstić information content (AvgIpc) is 2.48. The molecule has 2 aromatic rings. The normalized spacial score (nSPS) is 17.5. The van der Waals surface area contributed by atoms with Crippen LogP contribution in [0.1, 0.15) is 22.8 Å². The van der Waals surface area contributed by atoms with Crippen molar-refractivity contribution in [2.75, 3.05) is 11.4 Å². The average molecular weight is 456 g/mol. The quantitative estimate of drug-likeness (QED) is 0.560. The van der Waals surface area contributed by atoms with E-state index in [9.17, 15) is 4.79 Å². The Morgan fingerprint density at radius 2 is 2.05 bits per heavy atom. The van der Waals surface area contributed by atoms with Gasteiger partial charge in [0.25, 0.3) is 5.91 Å². The van der Waals surface area contributed by atoms with E-state index in [1.807, 2.05) is 41.3 Å². The summed E-state index contributed by atoms with van der Waals surface area (Å²) in [5.74, 6) is 0.563. The number of nitrogens with zero attached hydrogens (tertiary/aromatic N) is 1. The summed E-state index contributed by atoms with van der Waals surface area (Å²) in [7, 11) is 0. The molecule has 1 aliphatic rings. The van der Waals surface area contributed by atoms with E-state index < -0.39 is 0 Å². The van der Waals surface area contributed by atoms with Gasteiger partial charge < -0.3 is 4.90 Å². The molecule has 1 aliphatic heterocycles. The molecule has 4 heteroatoms. The number of carbonyl (C=O) groups excluding carboxylic acids is 1. The van der Waals surface area contributed by atoms with E-state index in [1.165, 1.54) is 5.56 Å². The van der Waals surface area contributed by atoms with Crippen LogP contribution in [-0.2, 0) is 6.42 Å². The minimum atomic E-state index is 0.0831. The third-order valence-corrected chi connectivity index (χ3v) is 5.18. The SMILES string of the molecule is CC1Cc2ccccc2N(C(=O)c2cc(Br)ccc2I)C1. The van der Waals surface area contributed by atoms with E-state index >= 15 is 0 Å². The van der Waals surface area contributed by atoms with Crippen molar-refractivity contribution in [3.8, 4) is 0 Å². The number of hydrogen-bond donors (Lipinski definition) is 0. The largest absolute Gasteiger partial charge is 0.308 e. The Morgan fingerprint density at radius 1 is 1.29 bits per heavy atom. The van der Waals surface area contributed by atoms with Gasteiger partial charge in [-0.05, 0) is 64.8 Å². The number of fused-ring (bicyclic) bond motifs is 1. The molecule has 0 aliphatic carbocycles. The van der Waals surface area contributed by atoms with Crippen LogP contribution >= 0.6 is 38.5 Å². The number of benzene rings is 2. The summed E-state index contributed by atoms with van der Waals surface area (Å²) in [5.41, 5.74) is 3.07. The summed E-state index contributed by atoms with van der Waals surface area (Å²) in [4.78, 5) is 14.9. The van der Waals surface area contributed by atoms with Crippen LogP contribution in [-0.4, -0.2) is 12.5 Å². The van der Waals surface area contributed by atoms with Gasteiger partial charge in [-0.3, -0.25) is 4.79 Å². The minimum absolute atomic E-state index is 0.0831. The number of halogens is 2. The summed E-state index contributed by atoms with van der Waals surface area (Å²) in [6.45, 7) is 2.97. The smallest absolute Gasteiger partial charge is 0.259 e. The monoisotopic (exact) mass is 455 g/mol. The van der Waals surface area contributed by atoms with Crippen molar-refractivity contribution >= 4 is 50.1 Å². The van der Waals surface area contributed by atoms with Gasteiger partial charge in [0.15, 0.2) is 0 Å². The lowest BCUT2D eigenvalue weighted by Crippen LogP contribution is -2.39. The predicted molar refractivity (Wildman–Crippen MR) is 97.8 cm³/mol. The van der Waals surface area contributed by atoms with Crippen molar-refractivity contribution in [3.05, 3.63) is 61.6 Å². The fraction of sp³-hybridized carbons (Fsp3) is 0.235. The first-order valence-electron chi connectivity index (χ1n) is 6.91. The molecule has 21 heavy (non-hydrogen) atoms. The van der Waals surface area contributed by atoms with Crippen molar-refractivity contribution < 1.29 is 4.79 Å². The van der Waals surface area contributed by atoms with Gasteiger partial charge in [-0.15, -0.1) is 0 Å². The third-order valence-electron chi connectivity index (χ3n) is 3.75. The number of para-hydroxylation sites is 1. The molecule has 0 aromatic heterocycles. The maximum atomic E-state index is 13.0. The molecule has 2 nitrogen and oxygen atoms in total. The van der Waals surface area contributed by atoms with Gasteiger partial charge >= 0.3 is 0 Å². The zero-order chi connectivity index (χ0) is 15.0. The van der Waals surface area contributed by atoms with Crippen LogP contribution < -0.4 is 4.90 Å². The van der Waals surface area contributed by atoms with Gasteiger partial charge in [0.2, 0.25) is 0 Å². The fourth-order valence-electron chi connectivity index (χ4n) is 2.80. The standard InChI is InChI=1S/C17H15BrINO/c1-11-8-12-4-2-3-5-16(12)20(10-11)17(21)14-9-13(18)6-7-15(14)19/h2-7,9,11H,8,10H2,1H3. The molecule has 1 amide bonds. The van der Waals surface area contributed by atoms with Crippen LogP contribution in [0.15, 0.2) is 46.9 Å². The van der Waals surface area contributed by atoms with Crippen LogP contribution in [0.25, 0.3) is 0 Å². The Bertz CT molecular complexity index is 701. The molecule has 0 fully saturated rings. The Morgan fingerprint density at radius 3 is 2.86 bits per heavy atom. The zero-order valence-electron chi connectivity index (χ0n) is 11.6. The third kappa shape index (κ3) is 3.01. The van der Waals surface area contributed by atoms with Crippen molar-refractivity contribution in [2.24, 2.45) is 5.92 Å². The molecule has 1 atom stereocenters. The zero-order valence-corrected chi connectivity index (χ0v) is 15.4. The van der Waals surface area contributed by atoms with Crippen LogP contribution in [0.4, 0.5) is 5.69 Å². The van der Waals surface area contributed by atoms with Crippen molar-refractivity contribution in [1.82, 2.24) is 0 Å². The van der Waals surface area contributed by atoms with E-state index in [-0.39, 0.29) is 5.91 Å². The van der Waals surface area contributed by atoms with Gasteiger partial charge in [-0.1, -0.05) is 41.1 Å². The van der Waals surface area contributed by atoms with Gasteiger partial charge in [0, 0.05) is 20.3 Å². The number of rotatable bonds is 1. The number of carbonyl (C=O) groups is 1. The Labute approximate surface area is 146 Å². The van der Waals surface area contributed by atoms with E-state index in [2.05, 4.69) is 51.5 Å². The fourth-order valence-corrected chi connectivity index (χ4v) is 3.72. The van der Waals surface area contributed by atoms with Gasteiger partial charge in [0.1, 0.15) is 0 Å². The highest BCUT2D eigenvalue weighted by molar-refractivity contribution is 14.1. The molecular weight excluding hydrogens is 441 g/mol. The summed E-state index contributed by atoms with van der Waals surface area (Å²) in [6.07, 6.45) is 1.04. The Hall–Kier alpha value is -0.880. The molecule has 3 rings (SSSR count). The van der Waals surface area contributed by atoms with Crippen molar-refractivity contribution in [1.29, 1.82) is 0 Å². The summed E-state index contributed by atoms with van der Waals surface area (Å²) >= 11 is 5.68. The molecule has 0 saturated carbocycles. The molecule has 0 radical (unpaired) electrons. The van der Waals surface area contributed by atoms with Crippen molar-refractivity contribution in [3.63, 3.8) is 0 Å². The first-order valence-corrected chi connectivity index (χ1v) is 8.78. The van der Waals surface area contributed by atoms with E-state index in [4.69, 9.17) is 0 Å². The van der Waals surface area contributed by atoms with Gasteiger partial charge in [-0.2, -0.15) is 0 Å². The molecule has 0 bridgehead atoms. The van der Waals surface area contributed by atoms with Crippen LogP contribution in [0.2, 0.25) is 0 Å². The second-order valence-electron chi connectivity index (χ2n) is 5.48. The predicted octanol–water partition coefficient (Wildman–Crippen LogP) is 4.89. The lowest BCUT2D eigenvalue weighted by molar-refractivity contribution is 0.0980. The highest BCUT2D eigenvalue weighted by atomic mass is 127. The highest BCUT2D eigenvalue weighted by Gasteiger charge is 2.27. The molecular formula is C17H15BrINO. The molecule has 0 N–H and O–H groups in total. The molecule has 0 spiro atoms. The second kappa shape index (κ2) is 6.08. The molecule has 0 saturated heterocycles. The van der Waals surface area contributed by atoms with Crippen molar-refractivity contribution in [2.45, 2.75) is 13.3 Å². The lowest BCUT2D eigenvalue weighted by atomic mass is 9.93. The second-order valence-corrected chi connectivity index (χ2v) is 7.56. The molecule has 108 valence electrons. The first kappa shape index (κ1) is 15.0. The van der Waals surface area contributed by atoms with Crippen LogP contribution in [0, 0.1) is 9.49 Å². The summed E-state index contributed by atoms with van der Waals surface area (Å²) in [6, 6.07) is 14.1. The summed E-state index contributed by atoms with van der Waals surface area (Å²) in [5, 5.41) is 0. The number of amides is 1. The Kier molecular flexibility index (Phi) is 4.36. The topological polar surface area (TPSA) is 20.3 Å². The summed E-state index contributed by atoms with van der Waals surface area (Å²) < 4.78 is 1.92. The molecule has 1 heterocycles. The highest BCUT2D eigenvalue weighted by Crippen LogP contribution is 2.31. The van der Waals surface area contributed by atoms with E-state index in [0.29, 0.717) is 5.92 Å². The van der Waals surface area contributed by atoms with Gasteiger partial charge in [-0.25, -0.2) is 0 Å². The van der Waals surface area contributed by atoms with Gasteiger partial charge in [0.05, 0.1) is 5.56 Å².